The van der Waals surface area contributed by atoms with Gasteiger partial charge in [-0.1, -0.05) is 23.7 Å². The summed E-state index contributed by atoms with van der Waals surface area (Å²) in [4.78, 5) is 23.6. The number of likely N-dealkylation sites (N-methyl/N-ethyl adjacent to an activating group) is 1. The Morgan fingerprint density at radius 3 is 2.61 bits per heavy atom. The van der Waals surface area contributed by atoms with Crippen LogP contribution in [0.1, 0.15) is 18.2 Å². The number of rotatable bonds is 2. The van der Waals surface area contributed by atoms with Crippen molar-refractivity contribution >= 4 is 56.5 Å². The number of aromatic nitrogens is 1. The van der Waals surface area contributed by atoms with Gasteiger partial charge in [0.15, 0.2) is 5.17 Å². The fourth-order valence-electron chi connectivity index (χ4n) is 2.08. The van der Waals surface area contributed by atoms with Crippen LogP contribution in [0.4, 0.5) is 5.13 Å². The number of thioether (sulfide) groups is 1. The monoisotopic (exact) mass is 363 g/mol. The van der Waals surface area contributed by atoms with E-state index in [-0.39, 0.29) is 5.91 Å². The van der Waals surface area contributed by atoms with E-state index in [0.29, 0.717) is 20.2 Å². The molecule has 0 bridgehead atoms. The lowest BCUT2D eigenvalue weighted by Gasteiger charge is -2.06. The lowest BCUT2D eigenvalue weighted by atomic mass is 10.1. The van der Waals surface area contributed by atoms with Crippen molar-refractivity contribution in [3.63, 3.8) is 0 Å². The van der Waals surface area contributed by atoms with Crippen LogP contribution < -0.4 is 0 Å². The summed E-state index contributed by atoms with van der Waals surface area (Å²) in [6, 6.07) is 7.47. The van der Waals surface area contributed by atoms with Crippen molar-refractivity contribution in [1.82, 2.24) is 9.88 Å². The Bertz CT molecular complexity index is 824. The quantitative estimate of drug-likeness (QED) is 0.724. The molecule has 1 aromatic heterocycles. The number of allylic oxidation sites excluding steroid dienone is 1. The standard InChI is InChI=1S/C16H14ClN3OS2/c1-9-8-22-15(18-9)19-16-20(3)14(21)13(23-16)10(2)11-4-6-12(17)7-5-11/h4-8H,1-3H3/b13-10-,19-16+. The fourth-order valence-corrected chi connectivity index (χ4v) is 3.96. The minimum Gasteiger partial charge on any atom is -0.289 e. The molecule has 1 aliphatic rings. The van der Waals surface area contributed by atoms with E-state index in [1.54, 1.807) is 11.9 Å². The summed E-state index contributed by atoms with van der Waals surface area (Å²) in [7, 11) is 1.73. The molecule has 0 spiro atoms. The van der Waals surface area contributed by atoms with Gasteiger partial charge in [-0.15, -0.1) is 11.3 Å². The first-order chi connectivity index (χ1) is 11.0. The van der Waals surface area contributed by atoms with Crippen molar-refractivity contribution in [1.29, 1.82) is 0 Å². The predicted octanol–water partition coefficient (Wildman–Crippen LogP) is 4.73. The zero-order chi connectivity index (χ0) is 16.6. The lowest BCUT2D eigenvalue weighted by molar-refractivity contribution is -0.121. The molecule has 0 aliphatic carbocycles. The van der Waals surface area contributed by atoms with Gasteiger partial charge in [-0.2, -0.15) is 4.99 Å². The first-order valence-corrected chi connectivity index (χ1v) is 8.96. The number of amidine groups is 1. The second-order valence-electron chi connectivity index (χ2n) is 5.09. The normalized spacial score (nSPS) is 18.9. The maximum absolute atomic E-state index is 12.5. The largest absolute Gasteiger partial charge is 0.289 e. The van der Waals surface area contributed by atoms with Crippen LogP contribution >= 0.6 is 34.7 Å². The summed E-state index contributed by atoms with van der Waals surface area (Å²) in [6.07, 6.45) is 0. The van der Waals surface area contributed by atoms with Crippen molar-refractivity contribution in [3.8, 4) is 0 Å². The first-order valence-electron chi connectivity index (χ1n) is 6.89. The van der Waals surface area contributed by atoms with Crippen LogP contribution in [0.3, 0.4) is 0 Å². The molecule has 1 aliphatic heterocycles. The number of nitrogens with zero attached hydrogens (tertiary/aromatic N) is 3. The van der Waals surface area contributed by atoms with Crippen LogP contribution in [-0.4, -0.2) is 28.0 Å². The molecule has 118 valence electrons. The summed E-state index contributed by atoms with van der Waals surface area (Å²) >= 11 is 8.77. The number of aryl methyl sites for hydroxylation is 1. The molecule has 1 aromatic carbocycles. The molecule has 1 fully saturated rings. The maximum Gasteiger partial charge on any atom is 0.266 e. The molecule has 2 heterocycles. The molecule has 1 saturated heterocycles. The van der Waals surface area contributed by atoms with Crippen LogP contribution in [-0.2, 0) is 4.79 Å². The molecular formula is C16H14ClN3OS2. The van der Waals surface area contributed by atoms with E-state index < -0.39 is 0 Å². The van der Waals surface area contributed by atoms with E-state index in [2.05, 4.69) is 9.98 Å². The van der Waals surface area contributed by atoms with Gasteiger partial charge in [0, 0.05) is 17.5 Å². The first kappa shape index (κ1) is 16.2. The van der Waals surface area contributed by atoms with E-state index in [4.69, 9.17) is 11.6 Å². The van der Waals surface area contributed by atoms with Crippen LogP contribution in [0.15, 0.2) is 39.5 Å². The Morgan fingerprint density at radius 2 is 2.00 bits per heavy atom. The smallest absolute Gasteiger partial charge is 0.266 e. The molecular weight excluding hydrogens is 350 g/mol. The van der Waals surface area contributed by atoms with Gasteiger partial charge < -0.3 is 0 Å². The number of thiazole rings is 1. The van der Waals surface area contributed by atoms with E-state index in [1.807, 2.05) is 43.5 Å². The van der Waals surface area contributed by atoms with E-state index in [0.717, 1.165) is 16.8 Å². The Morgan fingerprint density at radius 1 is 1.30 bits per heavy atom. The summed E-state index contributed by atoms with van der Waals surface area (Å²) in [6.45, 7) is 3.86. The minimum atomic E-state index is -0.0468. The number of halogens is 1. The van der Waals surface area contributed by atoms with Crippen molar-refractivity contribution in [3.05, 3.63) is 50.8 Å². The SMILES string of the molecule is C/C(=C1/S/C(=N/c2nc(C)cs2)N(C)C1=O)c1ccc(Cl)cc1. The average Bonchev–Trinajstić information content (AvgIpc) is 3.06. The summed E-state index contributed by atoms with van der Waals surface area (Å²) in [5.41, 5.74) is 2.83. The van der Waals surface area contributed by atoms with Gasteiger partial charge in [0.1, 0.15) is 0 Å². The maximum atomic E-state index is 12.5. The molecule has 0 radical (unpaired) electrons. The molecule has 0 N–H and O–H groups in total. The van der Waals surface area contributed by atoms with E-state index in [9.17, 15) is 4.79 Å². The molecule has 23 heavy (non-hydrogen) atoms. The molecule has 0 unspecified atom stereocenters. The fraction of sp³-hybridized carbons (Fsp3) is 0.188. The third-order valence-corrected chi connectivity index (χ3v) is 5.73. The van der Waals surface area contributed by atoms with Gasteiger partial charge >= 0.3 is 0 Å². The highest BCUT2D eigenvalue weighted by Gasteiger charge is 2.32. The van der Waals surface area contributed by atoms with Crippen LogP contribution in [0.2, 0.25) is 5.02 Å². The number of hydrogen-bond acceptors (Lipinski definition) is 5. The summed E-state index contributed by atoms with van der Waals surface area (Å²) in [5.74, 6) is -0.0468. The van der Waals surface area contributed by atoms with Gasteiger partial charge in [0.05, 0.1) is 10.6 Å². The Hall–Kier alpha value is -1.63. The zero-order valence-electron chi connectivity index (χ0n) is 12.8. The summed E-state index contributed by atoms with van der Waals surface area (Å²) in [5, 5.41) is 3.93. The predicted molar refractivity (Wildman–Crippen MR) is 98.4 cm³/mol. The second kappa shape index (κ2) is 6.47. The number of benzene rings is 1. The van der Waals surface area contributed by atoms with Gasteiger partial charge in [-0.25, -0.2) is 4.98 Å². The second-order valence-corrected chi connectivity index (χ2v) is 7.34. The van der Waals surface area contributed by atoms with Gasteiger partial charge in [-0.3, -0.25) is 9.69 Å². The number of aliphatic imine (C=N–C) groups is 1. The van der Waals surface area contributed by atoms with Crippen LogP contribution in [0, 0.1) is 6.92 Å². The minimum absolute atomic E-state index is 0.0468. The number of carbonyl (C=O) groups is 1. The molecule has 4 nitrogen and oxygen atoms in total. The van der Waals surface area contributed by atoms with E-state index in [1.165, 1.54) is 23.1 Å². The molecule has 7 heteroatoms. The van der Waals surface area contributed by atoms with Gasteiger partial charge in [0.2, 0.25) is 5.13 Å². The third-order valence-electron chi connectivity index (χ3n) is 3.40. The number of amides is 1. The van der Waals surface area contributed by atoms with Crippen molar-refractivity contribution in [2.75, 3.05) is 7.05 Å². The van der Waals surface area contributed by atoms with Crippen LogP contribution in [0.25, 0.3) is 5.57 Å². The molecule has 0 atom stereocenters. The molecule has 1 amide bonds. The Balaban J connectivity index is 1.95. The Labute approximate surface area is 147 Å². The van der Waals surface area contributed by atoms with E-state index >= 15 is 0 Å². The average molecular weight is 364 g/mol. The highest BCUT2D eigenvalue weighted by molar-refractivity contribution is 8.18. The Kier molecular flexibility index (Phi) is 4.57. The van der Waals surface area contributed by atoms with Crippen LogP contribution in [0.5, 0.6) is 0 Å². The highest BCUT2D eigenvalue weighted by Crippen LogP contribution is 2.37. The molecule has 2 aromatic rings. The topological polar surface area (TPSA) is 45.6 Å². The van der Waals surface area contributed by atoms with Gasteiger partial charge in [0.25, 0.3) is 5.91 Å². The lowest BCUT2D eigenvalue weighted by Crippen LogP contribution is -2.23. The zero-order valence-corrected chi connectivity index (χ0v) is 15.2. The van der Waals surface area contributed by atoms with Gasteiger partial charge in [-0.05, 0) is 48.9 Å². The van der Waals surface area contributed by atoms with Crippen molar-refractivity contribution in [2.45, 2.75) is 13.8 Å². The van der Waals surface area contributed by atoms with Crippen molar-refractivity contribution in [2.24, 2.45) is 4.99 Å². The molecule has 0 saturated carbocycles. The highest BCUT2D eigenvalue weighted by atomic mass is 35.5. The third kappa shape index (κ3) is 3.34. The molecule has 3 rings (SSSR count). The summed E-state index contributed by atoms with van der Waals surface area (Å²) < 4.78 is 0. The van der Waals surface area contributed by atoms with Crippen molar-refractivity contribution < 1.29 is 4.79 Å². The number of hydrogen-bond donors (Lipinski definition) is 0. The number of carbonyl (C=O) groups excluding carboxylic acids is 1.